The summed E-state index contributed by atoms with van der Waals surface area (Å²) in [4.78, 5) is 116. The fourth-order valence-corrected chi connectivity index (χ4v) is 27.7. The van der Waals surface area contributed by atoms with E-state index in [1.54, 1.807) is 109 Å². The highest BCUT2D eigenvalue weighted by Crippen LogP contribution is 2.54. The van der Waals surface area contributed by atoms with Crippen LogP contribution < -0.4 is 59.8 Å². The Kier molecular flexibility index (Phi) is 27.1. The minimum Gasteiger partial charge on any atom is -0.474 e. The quantitative estimate of drug-likeness (QED) is 0.0966. The summed E-state index contributed by atoms with van der Waals surface area (Å²) in [5.74, 6) is -4.74. The molecule has 4 unspecified atom stereocenters. The molecule has 12 aliphatic rings. The van der Waals surface area contributed by atoms with Gasteiger partial charge in [0, 0.05) is 143 Å². The molecule has 4 aromatic heterocycles. The van der Waals surface area contributed by atoms with E-state index in [0.29, 0.717) is 61.2 Å². The molecule has 0 radical (unpaired) electrons. The number of ether oxygens (including phenoxy) is 1. The van der Waals surface area contributed by atoms with Gasteiger partial charge in [-0.3, -0.25) is 77.1 Å². The number of benzene rings is 8. The van der Waals surface area contributed by atoms with Crippen LogP contribution in [0.3, 0.4) is 0 Å². The zero-order valence-corrected chi connectivity index (χ0v) is 85.9. The van der Waals surface area contributed by atoms with E-state index >= 15 is 4.39 Å². The highest BCUT2D eigenvalue weighted by molar-refractivity contribution is 7.99. The third kappa shape index (κ3) is 17.4. The van der Waals surface area contributed by atoms with Crippen molar-refractivity contribution in [2.75, 3.05) is 53.3 Å². The lowest BCUT2D eigenvalue weighted by molar-refractivity contribution is -0.0785. The summed E-state index contributed by atoms with van der Waals surface area (Å²) >= 11 is 6.36. The van der Waals surface area contributed by atoms with Crippen LogP contribution in [0.4, 0.5) is 30.7 Å². The maximum absolute atomic E-state index is 15.2. The summed E-state index contributed by atoms with van der Waals surface area (Å²) < 4.78 is 136. The van der Waals surface area contributed by atoms with E-state index in [4.69, 9.17) is 22.8 Å². The number of fused-ring (bicyclic) bond motifs is 16. The van der Waals surface area contributed by atoms with E-state index in [-0.39, 0.29) is 146 Å². The number of piperidine rings is 4. The number of pyridine rings is 4. The third-order valence-corrected chi connectivity index (χ3v) is 34.7. The lowest BCUT2D eigenvalue weighted by Gasteiger charge is -2.54. The van der Waals surface area contributed by atoms with Crippen molar-refractivity contribution in [3.05, 3.63) is 372 Å². The molecule has 25 nitrogen and oxygen atoms in total. The van der Waals surface area contributed by atoms with Crippen LogP contribution in [-0.2, 0) is 27.7 Å². The van der Waals surface area contributed by atoms with E-state index in [1.165, 1.54) is 76.1 Å². The summed E-state index contributed by atoms with van der Waals surface area (Å²) in [5, 5.41) is 8.10. The van der Waals surface area contributed by atoms with E-state index in [0.717, 1.165) is 107 Å². The molecular formula is C104H97F7N12O13P4S4. The van der Waals surface area contributed by atoms with Gasteiger partial charge in [-0.2, -0.15) is 0 Å². The minimum atomic E-state index is -2.99. The standard InChI is InChI=1S/C27H27FN3O3PS.C26H24F2N3O4PS.C26H25FN3O3PS.C25H21F3N3O3PS/c1-27(2)10-12-29-22(14-27)31(30-11-9-20(32)25(34-35)24(30)26(29)33)23-18-8-7-17(28)13-16(18)15-36-21-6-4-3-5-19(21)23;1-34-14-8-10-29-21(12-14)31(30-11-9-19(32)25(35-36)24(30)26(29)33)23-15-6-7-18(27)22(28)17(15)13-37-20-5-3-2-4-16(20)23;1-15-8-10-28-22(12-15)30(29-11-9-20(31)25(33-34)24(29)26(28)32)23-18-7-6-17(27)13-16(18)14-35-21-5-3-2-4-19(21)23;26-15-5-6-16-14(11-15)13-36-19-4-2-1-3-17(19)21(16)31-20-12-25(27,28)8-10-29(20)24(33)22-23(34-35)18(32)7-9-30(22)31/h3-9,11,13,22-23H,10,12,14-15,35H2,1-2H3;2-7,9,11,14,21,23H,8,10,12-13,36H2,1H3;2-7,9,11,13,15,22-23H,8,10,12,14,34H2,1H3;1-7,9,11,20-21H,8,10,12-13,35H2/t22-,23+;14-,21-,23+;15-,22-,23+;20-,21+/m1111/s1. The molecule has 0 saturated carbocycles. The third-order valence-electron chi connectivity index (χ3n) is 29.2. The van der Waals surface area contributed by atoms with Crippen LogP contribution in [0, 0.1) is 40.4 Å². The molecule has 0 spiro atoms. The summed E-state index contributed by atoms with van der Waals surface area (Å²) in [6.45, 7) is 8.07. The summed E-state index contributed by atoms with van der Waals surface area (Å²) in [7, 11) is 9.90. The van der Waals surface area contributed by atoms with Crippen LogP contribution >= 0.6 is 84.9 Å². The van der Waals surface area contributed by atoms with Gasteiger partial charge in [-0.05, 0) is 171 Å². The van der Waals surface area contributed by atoms with Gasteiger partial charge in [0.15, 0.2) is 34.4 Å². The van der Waals surface area contributed by atoms with Gasteiger partial charge in [-0.1, -0.05) is 118 Å². The van der Waals surface area contributed by atoms with Crippen LogP contribution in [0.25, 0.3) is 0 Å². The number of alkyl halides is 2. The Morgan fingerprint density at radius 3 is 1.07 bits per heavy atom. The van der Waals surface area contributed by atoms with Crippen LogP contribution in [0.1, 0.15) is 205 Å². The smallest absolute Gasteiger partial charge is 0.278 e. The topological polar surface area (TPSA) is 228 Å². The van der Waals surface area contributed by atoms with Crippen molar-refractivity contribution < 1.29 is 72.7 Å². The highest BCUT2D eigenvalue weighted by atomic mass is 32.2. The summed E-state index contributed by atoms with van der Waals surface area (Å²) in [5.41, 5.74) is 8.99. The number of hydrogen-bond donors (Lipinski definition) is 0. The van der Waals surface area contributed by atoms with Gasteiger partial charge in [0.05, 0.1) is 74.6 Å². The van der Waals surface area contributed by atoms with E-state index in [2.05, 4.69) is 74.0 Å². The van der Waals surface area contributed by atoms with Gasteiger partial charge < -0.3 is 42.4 Å². The van der Waals surface area contributed by atoms with E-state index in [1.807, 2.05) is 119 Å². The van der Waals surface area contributed by atoms with E-state index in [9.17, 15) is 64.7 Å². The first-order valence-corrected chi connectivity index (χ1v) is 52.8. The normalized spacial score (nSPS) is 22.5. The number of carbonyl (C=O) groups is 4. The Labute approximate surface area is 849 Å². The molecule has 14 atom stereocenters. The second-order valence-electron chi connectivity index (χ2n) is 38.0. The number of hydrogen-bond acceptors (Lipinski definition) is 21. The Hall–Kier alpha value is -11.6. The van der Waals surface area contributed by atoms with Gasteiger partial charge in [0.1, 0.15) is 42.1 Å². The molecule has 144 heavy (non-hydrogen) atoms. The van der Waals surface area contributed by atoms with Crippen LogP contribution in [0.2, 0.25) is 0 Å². The number of thioether (sulfide) groups is 4. The van der Waals surface area contributed by atoms with Crippen molar-refractivity contribution in [1.82, 2.24) is 38.3 Å². The predicted molar refractivity (Wildman–Crippen MR) is 549 cm³/mol. The monoisotopic (exact) mass is 2110 g/mol. The van der Waals surface area contributed by atoms with Crippen LogP contribution in [0.5, 0.6) is 23.0 Å². The molecule has 8 aromatic carbocycles. The lowest BCUT2D eigenvalue weighted by Crippen LogP contribution is -2.66. The predicted octanol–water partition coefficient (Wildman–Crippen LogP) is 18.7. The fourth-order valence-electron chi connectivity index (χ4n) is 22.4. The zero-order valence-electron chi connectivity index (χ0n) is 78.1. The average Bonchev–Trinajstić information content (AvgIpc) is 1.10. The number of halogens is 7. The molecule has 0 aliphatic carbocycles. The molecule has 12 aliphatic heterocycles. The first-order chi connectivity index (χ1) is 69.5. The van der Waals surface area contributed by atoms with Crippen LogP contribution in [-0.4, -0.2) is 132 Å². The zero-order chi connectivity index (χ0) is 100. The number of amides is 4. The largest absolute Gasteiger partial charge is 0.474 e. The molecule has 40 heteroatoms. The molecule has 744 valence electrons. The average molecular weight is 2110 g/mol. The Morgan fingerprint density at radius 1 is 0.361 bits per heavy atom. The molecule has 16 heterocycles. The molecule has 4 fully saturated rings. The SMILES string of the molecule is CC1(C)CCN2C(=O)c3c(OP)c(=O)ccn3N([C@H]3c4ccc(F)cc4CSc4ccccc43)[C@@H]2C1.CO[C@@H]1CCN2C(=O)c3c(OP)c(=O)ccn3N([C@@H]3c4ccccc4SCc4c3ccc(F)c4F)[C@@H]2C1.C[C@@H]1CCN2C(=O)c3c(OP)c(=O)ccn3N([C@H]3c4ccc(F)cc4CSc4ccccc43)[C@@H]2C1.O=C1c2c(OP)c(=O)ccn2N([C@H]2c3ccc(F)cc3CSc3ccccc32)[C@@H]2CC(F)(F)CCN12. The first-order valence-electron chi connectivity index (χ1n) is 47.0. The number of methoxy groups -OCH3 is 1. The second-order valence-corrected chi connectivity index (χ2v) is 43.0. The summed E-state index contributed by atoms with van der Waals surface area (Å²) in [6.07, 6.45) is 7.62. The van der Waals surface area contributed by atoms with Gasteiger partial charge in [0.25, 0.3) is 29.6 Å². The van der Waals surface area contributed by atoms with Crippen molar-refractivity contribution in [2.45, 2.75) is 176 Å². The van der Waals surface area contributed by atoms with Gasteiger partial charge in [-0.25, -0.2) is 30.7 Å². The van der Waals surface area contributed by atoms with Crippen molar-refractivity contribution in [2.24, 2.45) is 11.3 Å². The first kappa shape index (κ1) is 98.5. The molecule has 4 saturated heterocycles. The molecular weight excluding hydrogens is 2010 g/mol. The minimum absolute atomic E-state index is 0.0106. The Morgan fingerprint density at radius 2 is 0.688 bits per heavy atom. The Bertz CT molecular complexity index is 7260. The maximum atomic E-state index is 15.2. The fraction of sp³-hybridized carbons (Fsp3) is 0.308. The molecule has 12 aromatic rings. The van der Waals surface area contributed by atoms with Crippen molar-refractivity contribution in [1.29, 1.82) is 0 Å². The number of carbonyl (C=O) groups excluding carboxylic acids is 4. The lowest BCUT2D eigenvalue weighted by atomic mass is 9.79. The molecule has 0 bridgehead atoms. The molecule has 4 amide bonds. The van der Waals surface area contributed by atoms with Gasteiger partial charge in [0.2, 0.25) is 44.7 Å². The Balaban J connectivity index is 0.000000113. The van der Waals surface area contributed by atoms with Crippen molar-refractivity contribution in [3.8, 4) is 23.0 Å². The van der Waals surface area contributed by atoms with Gasteiger partial charge >= 0.3 is 0 Å². The number of nitrogens with zero attached hydrogens (tertiary/aromatic N) is 12. The van der Waals surface area contributed by atoms with Crippen molar-refractivity contribution >= 4 is 109 Å². The van der Waals surface area contributed by atoms with Crippen LogP contribution in [0.15, 0.2) is 252 Å². The summed E-state index contributed by atoms with van der Waals surface area (Å²) in [6, 6.07) is 52.7. The van der Waals surface area contributed by atoms with Crippen molar-refractivity contribution in [3.63, 3.8) is 0 Å². The number of aromatic nitrogens is 4. The number of rotatable bonds is 9. The molecule has 0 N–H and O–H groups in total. The van der Waals surface area contributed by atoms with Gasteiger partial charge in [-0.15, -0.1) is 47.0 Å². The highest BCUT2D eigenvalue weighted by Gasteiger charge is 2.56. The maximum Gasteiger partial charge on any atom is 0.278 e. The van der Waals surface area contributed by atoms with E-state index < -0.39 is 71.6 Å². The second kappa shape index (κ2) is 39.7. The molecule has 24 rings (SSSR count).